The number of hydrogen-bond acceptors (Lipinski definition) is 8. The molecule has 0 radical (unpaired) electrons. The molecule has 1 aromatic heterocycles. The Hall–Kier alpha value is -4.81. The van der Waals surface area contributed by atoms with Gasteiger partial charge in [0.15, 0.2) is 23.1 Å². The van der Waals surface area contributed by atoms with Gasteiger partial charge in [0, 0.05) is 60.6 Å². The number of ether oxygens (including phenoxy) is 4. The van der Waals surface area contributed by atoms with Crippen molar-refractivity contribution in [3.63, 3.8) is 0 Å². The lowest BCUT2D eigenvalue weighted by atomic mass is 9.81. The molecule has 0 bridgehead atoms. The average Bonchev–Trinajstić information content (AvgIpc) is 3.91. The molecule has 2 atom stereocenters. The summed E-state index contributed by atoms with van der Waals surface area (Å²) in [6, 6.07) is 14.6. The van der Waals surface area contributed by atoms with Crippen LogP contribution in [-0.4, -0.2) is 67.8 Å². The van der Waals surface area contributed by atoms with E-state index in [0.29, 0.717) is 52.6 Å². The summed E-state index contributed by atoms with van der Waals surface area (Å²) in [5.74, 6) is -0.341. The summed E-state index contributed by atoms with van der Waals surface area (Å²) < 4.78 is 52.1. The number of carbonyl (C=O) groups excluding carboxylic acids is 2. The van der Waals surface area contributed by atoms with Crippen LogP contribution in [0.1, 0.15) is 25.7 Å². The van der Waals surface area contributed by atoms with E-state index in [1.54, 1.807) is 25.4 Å². The maximum Gasteiger partial charge on any atom is 0.240 e. The molecule has 1 saturated heterocycles. The smallest absolute Gasteiger partial charge is 0.240 e. The van der Waals surface area contributed by atoms with Crippen LogP contribution in [0.15, 0.2) is 66.9 Å². The quantitative estimate of drug-likeness (QED) is 0.185. The van der Waals surface area contributed by atoms with E-state index in [4.69, 9.17) is 18.9 Å². The summed E-state index contributed by atoms with van der Waals surface area (Å²) >= 11 is 0. The van der Waals surface area contributed by atoms with Gasteiger partial charge in [-0.3, -0.25) is 19.5 Å². The summed E-state index contributed by atoms with van der Waals surface area (Å²) in [6.07, 6.45) is 4.41. The number of aromatic nitrogens is 1. The molecule has 250 valence electrons. The number of amides is 2. The van der Waals surface area contributed by atoms with Crippen molar-refractivity contribution in [2.45, 2.75) is 31.8 Å². The second-order valence-electron chi connectivity index (χ2n) is 12.5. The molecule has 4 aromatic rings. The number of morpholine rings is 1. The largest absolute Gasteiger partial charge is 0.493 e. The number of halogens is 2. The Kier molecular flexibility index (Phi) is 8.84. The first-order chi connectivity index (χ1) is 23.3. The second kappa shape index (κ2) is 13.4. The molecule has 2 amide bonds. The van der Waals surface area contributed by atoms with Gasteiger partial charge in [-0.15, -0.1) is 0 Å². The van der Waals surface area contributed by atoms with Gasteiger partial charge in [0.1, 0.15) is 23.1 Å². The molecule has 10 nitrogen and oxygen atoms in total. The van der Waals surface area contributed by atoms with Crippen LogP contribution >= 0.6 is 0 Å². The molecule has 2 N–H and O–H groups in total. The van der Waals surface area contributed by atoms with Crippen LogP contribution in [-0.2, 0) is 14.3 Å². The van der Waals surface area contributed by atoms with E-state index < -0.39 is 28.9 Å². The second-order valence-corrected chi connectivity index (χ2v) is 12.5. The summed E-state index contributed by atoms with van der Waals surface area (Å²) in [6.45, 7) is 4.37. The van der Waals surface area contributed by atoms with Gasteiger partial charge in [-0.25, -0.2) is 8.78 Å². The first kappa shape index (κ1) is 31.8. The van der Waals surface area contributed by atoms with Crippen LogP contribution in [0.4, 0.5) is 20.2 Å². The zero-order valence-electron chi connectivity index (χ0n) is 26.5. The van der Waals surface area contributed by atoms with Crippen LogP contribution in [0.2, 0.25) is 0 Å². The van der Waals surface area contributed by atoms with Gasteiger partial charge in [0.2, 0.25) is 11.8 Å². The molecule has 48 heavy (non-hydrogen) atoms. The number of nitrogens with zero attached hydrogens (tertiary/aromatic N) is 2. The lowest BCUT2D eigenvalue weighted by Crippen LogP contribution is -2.47. The molecule has 3 aliphatic rings. The SMILES string of the molecule is COc1cc2c(Oc3ccc(NC(=O)C4(C(=O)Nc5ccc(F)cc5)CC4)cc3F)ccnc2cc1OC1CCC1CN1CCOCC1. The van der Waals surface area contributed by atoms with Gasteiger partial charge in [0.05, 0.1) is 25.8 Å². The number of pyridine rings is 1. The van der Waals surface area contributed by atoms with Gasteiger partial charge in [-0.2, -0.15) is 0 Å². The van der Waals surface area contributed by atoms with Crippen molar-refractivity contribution in [2.24, 2.45) is 11.3 Å². The monoisotopic (exact) mass is 658 g/mol. The van der Waals surface area contributed by atoms with Crippen LogP contribution in [0.5, 0.6) is 23.0 Å². The third-order valence-corrected chi connectivity index (χ3v) is 9.34. The van der Waals surface area contributed by atoms with E-state index in [1.807, 2.05) is 6.07 Å². The maximum absolute atomic E-state index is 15.3. The number of rotatable bonds is 11. The minimum Gasteiger partial charge on any atom is -0.493 e. The molecule has 3 fully saturated rings. The topological polar surface area (TPSA) is 111 Å². The Balaban J connectivity index is 1.02. The molecule has 12 heteroatoms. The zero-order valence-corrected chi connectivity index (χ0v) is 26.5. The highest BCUT2D eigenvalue weighted by Gasteiger charge is 2.56. The van der Waals surface area contributed by atoms with Crippen molar-refractivity contribution in [3.8, 4) is 23.0 Å². The van der Waals surface area contributed by atoms with Crippen molar-refractivity contribution in [1.29, 1.82) is 0 Å². The summed E-state index contributed by atoms with van der Waals surface area (Å²) in [7, 11) is 1.57. The van der Waals surface area contributed by atoms with Crippen molar-refractivity contribution >= 4 is 34.1 Å². The van der Waals surface area contributed by atoms with Crippen molar-refractivity contribution < 1.29 is 37.3 Å². The summed E-state index contributed by atoms with van der Waals surface area (Å²) in [5.41, 5.74) is -0.119. The van der Waals surface area contributed by atoms with E-state index >= 15 is 4.39 Å². The zero-order chi connectivity index (χ0) is 33.3. The summed E-state index contributed by atoms with van der Waals surface area (Å²) in [5, 5.41) is 5.92. The molecule has 2 aliphatic carbocycles. The number of nitrogens with one attached hydrogen (secondary N) is 2. The Morgan fingerprint density at radius 3 is 2.29 bits per heavy atom. The van der Waals surface area contributed by atoms with Gasteiger partial charge in [-0.1, -0.05) is 0 Å². The number of fused-ring (bicyclic) bond motifs is 1. The van der Waals surface area contributed by atoms with Crippen LogP contribution in [0.25, 0.3) is 10.9 Å². The Labute approximate surface area is 276 Å². The number of anilines is 2. The standard InChI is InChI=1S/C36H36F2N4O6/c1-45-32-19-26-28(20-33(32)47-29-8-2-22(29)21-42-14-16-46-17-15-42)39-13-10-30(26)48-31-9-7-25(18-27(31)38)41-35(44)36(11-12-36)34(43)40-24-5-3-23(37)4-6-24/h3-7,9-10,13,18-20,22,29H,2,8,11-12,14-17,21H2,1H3,(H,40,43)(H,41,44). The first-order valence-corrected chi connectivity index (χ1v) is 16.1. The fourth-order valence-corrected chi connectivity index (χ4v) is 6.15. The molecular weight excluding hydrogens is 622 g/mol. The van der Waals surface area contributed by atoms with E-state index in [9.17, 15) is 14.0 Å². The highest BCUT2D eigenvalue weighted by molar-refractivity contribution is 6.16. The van der Waals surface area contributed by atoms with Crippen LogP contribution in [0, 0.1) is 23.0 Å². The van der Waals surface area contributed by atoms with Crippen LogP contribution in [0.3, 0.4) is 0 Å². The normalized spacial score (nSPS) is 20.0. The Morgan fingerprint density at radius 1 is 0.896 bits per heavy atom. The predicted octanol–water partition coefficient (Wildman–Crippen LogP) is 6.16. The first-order valence-electron chi connectivity index (χ1n) is 16.1. The minimum atomic E-state index is -1.28. The molecule has 7 rings (SSSR count). The van der Waals surface area contributed by atoms with Gasteiger partial charge >= 0.3 is 0 Å². The number of hydrogen-bond donors (Lipinski definition) is 2. The molecule has 1 aliphatic heterocycles. The van der Waals surface area contributed by atoms with Crippen molar-refractivity contribution in [2.75, 3.05) is 50.6 Å². The lowest BCUT2D eigenvalue weighted by molar-refractivity contribution is -0.131. The fraction of sp³-hybridized carbons (Fsp3) is 0.361. The molecule has 2 heterocycles. The van der Waals surface area contributed by atoms with E-state index in [-0.39, 0.29) is 17.5 Å². The van der Waals surface area contributed by atoms with Gasteiger partial charge < -0.3 is 29.6 Å². The number of carbonyl (C=O) groups is 2. The molecular formula is C36H36F2N4O6. The van der Waals surface area contributed by atoms with Crippen molar-refractivity contribution in [1.82, 2.24) is 9.88 Å². The number of methoxy groups -OCH3 is 1. The third kappa shape index (κ3) is 6.63. The van der Waals surface area contributed by atoms with Gasteiger partial charge in [0.25, 0.3) is 0 Å². The van der Waals surface area contributed by atoms with Gasteiger partial charge in [-0.05, 0) is 74.2 Å². The highest BCUT2D eigenvalue weighted by atomic mass is 19.1. The van der Waals surface area contributed by atoms with E-state index in [2.05, 4.69) is 20.5 Å². The Bertz CT molecular complexity index is 1830. The van der Waals surface area contributed by atoms with E-state index in [1.165, 1.54) is 36.4 Å². The molecule has 2 saturated carbocycles. The van der Waals surface area contributed by atoms with Crippen molar-refractivity contribution in [3.05, 3.63) is 78.5 Å². The average molecular weight is 659 g/mol. The minimum absolute atomic E-state index is 0.0598. The third-order valence-electron chi connectivity index (χ3n) is 9.34. The highest BCUT2D eigenvalue weighted by Crippen LogP contribution is 2.48. The Morgan fingerprint density at radius 2 is 1.62 bits per heavy atom. The summed E-state index contributed by atoms with van der Waals surface area (Å²) in [4.78, 5) is 32.9. The lowest BCUT2D eigenvalue weighted by Gasteiger charge is -2.40. The molecule has 3 aromatic carbocycles. The van der Waals surface area contributed by atoms with E-state index in [0.717, 1.165) is 51.8 Å². The molecule has 0 spiro atoms. The predicted molar refractivity (Wildman–Crippen MR) is 174 cm³/mol. The van der Waals surface area contributed by atoms with Crippen LogP contribution < -0.4 is 24.8 Å². The molecule has 2 unspecified atom stereocenters. The number of benzene rings is 3. The fourth-order valence-electron chi connectivity index (χ4n) is 6.15. The maximum atomic E-state index is 15.3.